The molecule has 3 saturated carbocycles. The maximum absolute atomic E-state index is 14.5. The fourth-order valence-corrected chi connectivity index (χ4v) is 7.45. The summed E-state index contributed by atoms with van der Waals surface area (Å²) >= 11 is 18.4. The Bertz CT molecular complexity index is 1370. The van der Waals surface area contributed by atoms with Crippen molar-refractivity contribution in [1.29, 1.82) is 0 Å². The van der Waals surface area contributed by atoms with E-state index in [-0.39, 0.29) is 64.2 Å². The molecule has 0 aliphatic heterocycles. The van der Waals surface area contributed by atoms with E-state index in [2.05, 4.69) is 5.10 Å². The summed E-state index contributed by atoms with van der Waals surface area (Å²) in [5.41, 5.74) is -2.65. The lowest BCUT2D eigenvalue weighted by atomic mass is 9.71. The Morgan fingerprint density at radius 3 is 2.17 bits per heavy atom. The SMILES string of the molecule is C[C@]1(C(=O)O)CC[C@H](n2ncc(C(=O)N(CC(=O)c3c(Cl)cc(Cl)cc3Cl)CC3CC4(CC4)C3)c2C(F)(F)F)CC1. The van der Waals surface area contributed by atoms with E-state index in [1.807, 2.05) is 0 Å². The molecule has 0 radical (unpaired) electrons. The van der Waals surface area contributed by atoms with E-state index in [0.717, 1.165) is 41.5 Å². The Morgan fingerprint density at radius 1 is 1.07 bits per heavy atom. The lowest BCUT2D eigenvalue weighted by Gasteiger charge is -2.39. The lowest BCUT2D eigenvalue weighted by molar-refractivity contribution is -0.152. The summed E-state index contributed by atoms with van der Waals surface area (Å²) in [6, 6.07) is 1.95. The molecule has 3 aliphatic carbocycles. The summed E-state index contributed by atoms with van der Waals surface area (Å²) < 4.78 is 44.3. The van der Waals surface area contributed by atoms with Gasteiger partial charge in [-0.3, -0.25) is 19.1 Å². The molecule has 1 spiro atoms. The smallest absolute Gasteiger partial charge is 0.433 e. The summed E-state index contributed by atoms with van der Waals surface area (Å²) in [6.45, 7) is 1.17. The first-order valence-corrected chi connectivity index (χ1v) is 14.6. The van der Waals surface area contributed by atoms with Crippen molar-refractivity contribution in [2.75, 3.05) is 13.1 Å². The van der Waals surface area contributed by atoms with Crippen LogP contribution in [0.2, 0.25) is 15.1 Å². The minimum atomic E-state index is -4.91. The van der Waals surface area contributed by atoms with E-state index >= 15 is 0 Å². The highest BCUT2D eigenvalue weighted by atomic mass is 35.5. The summed E-state index contributed by atoms with van der Waals surface area (Å²) in [4.78, 5) is 39.9. The van der Waals surface area contributed by atoms with Gasteiger partial charge < -0.3 is 10.0 Å². The predicted octanol–water partition coefficient (Wildman–Crippen LogP) is 7.58. The fraction of sp³-hybridized carbons (Fsp3) is 0.571. The Morgan fingerprint density at radius 2 is 1.66 bits per heavy atom. The summed E-state index contributed by atoms with van der Waals surface area (Å²) in [5, 5.41) is 13.7. The highest BCUT2D eigenvalue weighted by Crippen LogP contribution is 2.63. The van der Waals surface area contributed by atoms with Crippen molar-refractivity contribution in [1.82, 2.24) is 14.7 Å². The van der Waals surface area contributed by atoms with Gasteiger partial charge in [0.2, 0.25) is 0 Å². The minimum absolute atomic E-state index is 0.0186. The fourth-order valence-electron chi connectivity index (χ4n) is 6.42. The molecule has 2 aromatic rings. The van der Waals surface area contributed by atoms with Crippen LogP contribution in [0.25, 0.3) is 0 Å². The molecule has 1 heterocycles. The molecule has 3 aliphatic rings. The Balaban J connectivity index is 1.44. The maximum atomic E-state index is 14.5. The van der Waals surface area contributed by atoms with E-state index in [1.54, 1.807) is 6.92 Å². The number of ketones is 1. The van der Waals surface area contributed by atoms with Gasteiger partial charge in [-0.1, -0.05) is 34.8 Å². The molecule has 13 heteroatoms. The molecule has 222 valence electrons. The topological polar surface area (TPSA) is 92.5 Å². The van der Waals surface area contributed by atoms with Crippen molar-refractivity contribution < 1.29 is 32.7 Å². The standard InChI is InChI=1S/C28H29Cl3F3N3O4/c1-26(25(40)41)4-2-17(3-5-26)37-23(28(32,33)34)18(12-35-37)24(39)36(13-15-10-27(11-15)6-7-27)14-21(38)22-19(30)8-16(29)9-20(22)31/h8-9,12,15,17H,2-7,10-11,13-14H2,1H3,(H,40,41)/t17-,26-. The summed E-state index contributed by atoms with van der Waals surface area (Å²) in [7, 11) is 0. The van der Waals surface area contributed by atoms with Crippen molar-refractivity contribution in [3.63, 3.8) is 0 Å². The van der Waals surface area contributed by atoms with E-state index in [9.17, 15) is 32.7 Å². The normalized spacial score (nSPS) is 23.7. The monoisotopic (exact) mass is 633 g/mol. The van der Waals surface area contributed by atoms with Crippen LogP contribution in [0.1, 0.15) is 90.7 Å². The molecule has 0 atom stereocenters. The number of Topliss-reactive ketones (excluding diaryl/α,β-unsaturated/α-hetero) is 1. The number of carbonyl (C=O) groups is 3. The third-order valence-electron chi connectivity index (χ3n) is 9.00. The number of alkyl halides is 3. The highest BCUT2D eigenvalue weighted by molar-refractivity contribution is 6.42. The number of benzene rings is 1. The number of amides is 1. The first kappa shape index (κ1) is 30.2. The lowest BCUT2D eigenvalue weighted by Crippen LogP contribution is -2.43. The number of carboxylic acid groups (broad SMARTS) is 1. The van der Waals surface area contributed by atoms with Gasteiger partial charge >= 0.3 is 12.1 Å². The third kappa shape index (κ3) is 5.97. The van der Waals surface area contributed by atoms with Gasteiger partial charge in [0.1, 0.15) is 0 Å². The van der Waals surface area contributed by atoms with Gasteiger partial charge in [0, 0.05) is 11.6 Å². The van der Waals surface area contributed by atoms with Crippen LogP contribution in [-0.2, 0) is 11.0 Å². The van der Waals surface area contributed by atoms with Crippen LogP contribution >= 0.6 is 34.8 Å². The van der Waals surface area contributed by atoms with Crippen LogP contribution in [0.15, 0.2) is 18.3 Å². The van der Waals surface area contributed by atoms with E-state index in [0.29, 0.717) is 0 Å². The number of aliphatic carboxylic acids is 1. The van der Waals surface area contributed by atoms with Crippen LogP contribution in [0.4, 0.5) is 13.2 Å². The number of hydrogen-bond acceptors (Lipinski definition) is 4. The zero-order valence-corrected chi connectivity index (χ0v) is 24.5. The molecule has 0 bridgehead atoms. The first-order valence-electron chi connectivity index (χ1n) is 13.5. The van der Waals surface area contributed by atoms with Gasteiger partial charge in [-0.25, -0.2) is 0 Å². The zero-order valence-electron chi connectivity index (χ0n) is 22.2. The molecule has 1 aromatic carbocycles. The average molecular weight is 635 g/mol. The number of rotatable bonds is 8. The van der Waals surface area contributed by atoms with Crippen molar-refractivity contribution >= 4 is 52.5 Å². The number of nitrogens with zero attached hydrogens (tertiary/aromatic N) is 3. The number of carboxylic acids is 1. The number of halogens is 6. The van der Waals surface area contributed by atoms with Gasteiger partial charge in [0.15, 0.2) is 11.5 Å². The minimum Gasteiger partial charge on any atom is -0.481 e. The van der Waals surface area contributed by atoms with Gasteiger partial charge in [-0.15, -0.1) is 0 Å². The molecule has 1 amide bonds. The number of hydrogen-bond donors (Lipinski definition) is 1. The van der Waals surface area contributed by atoms with Gasteiger partial charge in [0.25, 0.3) is 5.91 Å². The zero-order chi connectivity index (χ0) is 29.9. The van der Waals surface area contributed by atoms with Crippen LogP contribution in [0, 0.1) is 16.7 Å². The van der Waals surface area contributed by atoms with Crippen LogP contribution < -0.4 is 0 Å². The molecule has 1 aromatic heterocycles. The van der Waals surface area contributed by atoms with Crippen LogP contribution in [0.5, 0.6) is 0 Å². The van der Waals surface area contributed by atoms with Crippen LogP contribution in [0.3, 0.4) is 0 Å². The van der Waals surface area contributed by atoms with E-state index < -0.39 is 53.1 Å². The quantitative estimate of drug-likeness (QED) is 0.302. The molecular formula is C28H29Cl3F3N3O4. The van der Waals surface area contributed by atoms with Crippen molar-refractivity contribution in [2.45, 2.75) is 70.5 Å². The maximum Gasteiger partial charge on any atom is 0.433 e. The molecule has 7 nitrogen and oxygen atoms in total. The highest BCUT2D eigenvalue weighted by Gasteiger charge is 2.53. The molecule has 5 rings (SSSR count). The van der Waals surface area contributed by atoms with Crippen molar-refractivity contribution in [3.8, 4) is 0 Å². The number of aromatic nitrogens is 2. The second-order valence-electron chi connectivity index (χ2n) is 12.1. The Kier molecular flexibility index (Phi) is 7.92. The second-order valence-corrected chi connectivity index (χ2v) is 13.3. The molecule has 0 saturated heterocycles. The summed E-state index contributed by atoms with van der Waals surface area (Å²) in [5.74, 6) is -2.51. The molecule has 41 heavy (non-hydrogen) atoms. The predicted molar refractivity (Wildman–Crippen MR) is 147 cm³/mol. The third-order valence-corrected chi connectivity index (χ3v) is 9.82. The van der Waals surface area contributed by atoms with E-state index in [4.69, 9.17) is 34.8 Å². The first-order chi connectivity index (χ1) is 19.1. The molecule has 1 N–H and O–H groups in total. The average Bonchev–Trinajstić information content (AvgIpc) is 3.51. The largest absolute Gasteiger partial charge is 0.481 e. The molecule has 3 fully saturated rings. The second kappa shape index (κ2) is 10.8. The van der Waals surface area contributed by atoms with Crippen molar-refractivity contribution in [3.05, 3.63) is 50.2 Å². The Hall–Kier alpha value is -2.30. The molecular weight excluding hydrogens is 606 g/mol. The summed E-state index contributed by atoms with van der Waals surface area (Å²) in [6.07, 6.45) is 0.579. The Labute approximate surface area is 249 Å². The van der Waals surface area contributed by atoms with Gasteiger partial charge in [0.05, 0.1) is 45.4 Å². The van der Waals surface area contributed by atoms with E-state index in [1.165, 1.54) is 12.1 Å². The van der Waals surface area contributed by atoms with Gasteiger partial charge in [-0.05, 0) is 81.8 Å². The van der Waals surface area contributed by atoms with Gasteiger partial charge in [-0.2, -0.15) is 18.3 Å². The number of carbonyl (C=O) groups excluding carboxylic acids is 2. The van der Waals surface area contributed by atoms with Crippen molar-refractivity contribution in [2.24, 2.45) is 16.7 Å². The molecule has 0 unspecified atom stereocenters. The van der Waals surface area contributed by atoms with Crippen LogP contribution in [-0.4, -0.2) is 50.5 Å².